The molecule has 0 bridgehead atoms. The molecule has 0 saturated carbocycles. The summed E-state index contributed by atoms with van der Waals surface area (Å²) in [6.07, 6.45) is 1.47. The van der Waals surface area contributed by atoms with Crippen molar-refractivity contribution in [3.63, 3.8) is 0 Å². The standard InChI is InChI=1S/C18H13N5/c1-18(17-21-12-22-23-17,15-6-2-13(10-19)3-7-15)16-8-4-14(11-20)5-9-16/h2-9,12H,1H3,(H,21,22,23). The second-order valence-electron chi connectivity index (χ2n) is 5.34. The third kappa shape index (κ3) is 2.45. The van der Waals surface area contributed by atoms with Gasteiger partial charge in [0.15, 0.2) is 0 Å². The Morgan fingerprint density at radius 1 is 0.870 bits per heavy atom. The SMILES string of the molecule is CC(c1ccc(C#N)cc1)(c1ccc(C#N)cc1)c1ncn[nH]1. The lowest BCUT2D eigenvalue weighted by atomic mass is 9.75. The number of nitrogens with one attached hydrogen (secondary N) is 1. The van der Waals surface area contributed by atoms with Crippen LogP contribution in [0.3, 0.4) is 0 Å². The second-order valence-corrected chi connectivity index (χ2v) is 5.34. The van der Waals surface area contributed by atoms with Crippen LogP contribution in [0.15, 0.2) is 54.9 Å². The lowest BCUT2D eigenvalue weighted by molar-refractivity contribution is 0.639. The van der Waals surface area contributed by atoms with Gasteiger partial charge in [-0.15, -0.1) is 0 Å². The predicted molar refractivity (Wildman–Crippen MR) is 84.3 cm³/mol. The first kappa shape index (κ1) is 14.5. The molecule has 0 spiro atoms. The van der Waals surface area contributed by atoms with E-state index in [9.17, 15) is 0 Å². The number of nitriles is 2. The Labute approximate surface area is 133 Å². The van der Waals surface area contributed by atoms with Gasteiger partial charge in [-0.25, -0.2) is 4.98 Å². The molecule has 3 rings (SSSR count). The summed E-state index contributed by atoms with van der Waals surface area (Å²) in [4.78, 5) is 4.33. The summed E-state index contributed by atoms with van der Waals surface area (Å²) in [5, 5.41) is 24.9. The van der Waals surface area contributed by atoms with Crippen molar-refractivity contribution in [2.45, 2.75) is 12.3 Å². The van der Waals surface area contributed by atoms with E-state index >= 15 is 0 Å². The molecule has 0 radical (unpaired) electrons. The van der Waals surface area contributed by atoms with Crippen LogP contribution < -0.4 is 0 Å². The van der Waals surface area contributed by atoms with Gasteiger partial charge in [-0.2, -0.15) is 15.6 Å². The minimum Gasteiger partial charge on any atom is -0.262 e. The van der Waals surface area contributed by atoms with E-state index in [-0.39, 0.29) is 0 Å². The molecule has 0 amide bonds. The van der Waals surface area contributed by atoms with Crippen molar-refractivity contribution in [3.8, 4) is 12.1 Å². The fraction of sp³-hybridized carbons (Fsp3) is 0.111. The number of H-pyrrole nitrogens is 1. The molecule has 0 aliphatic heterocycles. The zero-order chi connectivity index (χ0) is 16.3. The maximum Gasteiger partial charge on any atom is 0.139 e. The molecule has 2 aromatic carbocycles. The average Bonchev–Trinajstić information content (AvgIpc) is 3.16. The lowest BCUT2D eigenvalue weighted by Crippen LogP contribution is -2.27. The molecule has 0 unspecified atom stereocenters. The number of rotatable bonds is 3. The van der Waals surface area contributed by atoms with E-state index in [0.29, 0.717) is 17.0 Å². The van der Waals surface area contributed by atoms with Gasteiger partial charge in [0.2, 0.25) is 0 Å². The fourth-order valence-electron chi connectivity index (χ4n) is 2.64. The van der Waals surface area contributed by atoms with Crippen molar-refractivity contribution >= 4 is 0 Å². The Morgan fingerprint density at radius 2 is 1.35 bits per heavy atom. The van der Waals surface area contributed by atoms with Crippen molar-refractivity contribution < 1.29 is 0 Å². The predicted octanol–water partition coefficient (Wildman–Crippen LogP) is 2.90. The molecule has 5 nitrogen and oxygen atoms in total. The molecule has 3 aromatic rings. The highest BCUT2D eigenvalue weighted by Gasteiger charge is 2.34. The molecular weight excluding hydrogens is 286 g/mol. The number of nitrogens with zero attached hydrogens (tertiary/aromatic N) is 4. The van der Waals surface area contributed by atoms with Gasteiger partial charge in [-0.1, -0.05) is 24.3 Å². The summed E-state index contributed by atoms with van der Waals surface area (Å²) in [5.41, 5.74) is 2.62. The molecule has 1 N–H and O–H groups in total. The largest absolute Gasteiger partial charge is 0.262 e. The Hall–Kier alpha value is -3.44. The van der Waals surface area contributed by atoms with Crippen LogP contribution >= 0.6 is 0 Å². The minimum atomic E-state index is -0.557. The highest BCUT2D eigenvalue weighted by Crippen LogP contribution is 2.36. The third-order valence-electron chi connectivity index (χ3n) is 4.07. The van der Waals surface area contributed by atoms with Gasteiger partial charge in [0.1, 0.15) is 12.2 Å². The van der Waals surface area contributed by atoms with E-state index in [0.717, 1.165) is 11.1 Å². The summed E-state index contributed by atoms with van der Waals surface area (Å²) in [5.74, 6) is 0.701. The maximum absolute atomic E-state index is 8.98. The molecule has 0 aliphatic carbocycles. The van der Waals surface area contributed by atoms with Crippen LogP contribution in [0.1, 0.15) is 35.0 Å². The molecular formula is C18H13N5. The fourth-order valence-corrected chi connectivity index (χ4v) is 2.64. The Bertz CT molecular complexity index is 821. The first-order valence-electron chi connectivity index (χ1n) is 7.05. The Balaban J connectivity index is 2.18. The van der Waals surface area contributed by atoms with Gasteiger partial charge in [0.25, 0.3) is 0 Å². The average molecular weight is 299 g/mol. The molecule has 5 heteroatoms. The van der Waals surface area contributed by atoms with E-state index < -0.39 is 5.41 Å². The first-order valence-corrected chi connectivity index (χ1v) is 7.05. The van der Waals surface area contributed by atoms with Crippen LogP contribution in [0.5, 0.6) is 0 Å². The van der Waals surface area contributed by atoms with Crippen molar-refractivity contribution in [1.29, 1.82) is 10.5 Å². The molecule has 0 aliphatic rings. The van der Waals surface area contributed by atoms with Crippen LogP contribution in [-0.2, 0) is 5.41 Å². The molecule has 23 heavy (non-hydrogen) atoms. The van der Waals surface area contributed by atoms with Crippen LogP contribution in [0.4, 0.5) is 0 Å². The quantitative estimate of drug-likeness (QED) is 0.805. The van der Waals surface area contributed by atoms with Crippen molar-refractivity contribution in [2.75, 3.05) is 0 Å². The monoisotopic (exact) mass is 299 g/mol. The molecule has 1 heterocycles. The maximum atomic E-state index is 8.98. The zero-order valence-corrected chi connectivity index (χ0v) is 12.5. The molecule has 1 aromatic heterocycles. The number of aromatic amines is 1. The lowest BCUT2D eigenvalue weighted by Gasteiger charge is -2.28. The van der Waals surface area contributed by atoms with Gasteiger partial charge in [-0.3, -0.25) is 5.10 Å². The summed E-state index contributed by atoms with van der Waals surface area (Å²) in [7, 11) is 0. The summed E-state index contributed by atoms with van der Waals surface area (Å²) >= 11 is 0. The summed E-state index contributed by atoms with van der Waals surface area (Å²) in [6.45, 7) is 2.04. The normalized spacial score (nSPS) is 10.7. The number of benzene rings is 2. The van der Waals surface area contributed by atoms with Crippen molar-refractivity contribution in [2.24, 2.45) is 0 Å². The van der Waals surface area contributed by atoms with Gasteiger partial charge >= 0.3 is 0 Å². The van der Waals surface area contributed by atoms with Crippen molar-refractivity contribution in [1.82, 2.24) is 15.2 Å². The highest BCUT2D eigenvalue weighted by molar-refractivity contribution is 5.48. The van der Waals surface area contributed by atoms with E-state index in [1.165, 1.54) is 6.33 Å². The van der Waals surface area contributed by atoms with Crippen LogP contribution in [-0.4, -0.2) is 15.2 Å². The molecule has 0 saturated heterocycles. The van der Waals surface area contributed by atoms with Crippen LogP contribution in [0.25, 0.3) is 0 Å². The van der Waals surface area contributed by atoms with Gasteiger partial charge < -0.3 is 0 Å². The zero-order valence-electron chi connectivity index (χ0n) is 12.5. The van der Waals surface area contributed by atoms with Gasteiger partial charge in [-0.05, 0) is 42.3 Å². The molecule has 0 atom stereocenters. The Morgan fingerprint density at radius 3 is 1.70 bits per heavy atom. The number of hydrogen-bond donors (Lipinski definition) is 1. The molecule has 0 fully saturated rings. The van der Waals surface area contributed by atoms with E-state index in [1.807, 2.05) is 31.2 Å². The van der Waals surface area contributed by atoms with Crippen molar-refractivity contribution in [3.05, 3.63) is 82.9 Å². The van der Waals surface area contributed by atoms with E-state index in [2.05, 4.69) is 27.3 Å². The third-order valence-corrected chi connectivity index (χ3v) is 4.07. The highest BCUT2D eigenvalue weighted by atomic mass is 15.2. The summed E-state index contributed by atoms with van der Waals surface area (Å²) in [6, 6.07) is 19.1. The van der Waals surface area contributed by atoms with Gasteiger partial charge in [0.05, 0.1) is 28.7 Å². The van der Waals surface area contributed by atoms with E-state index in [1.54, 1.807) is 24.3 Å². The number of aromatic nitrogens is 3. The van der Waals surface area contributed by atoms with Crippen LogP contribution in [0, 0.1) is 22.7 Å². The molecule has 110 valence electrons. The second kappa shape index (κ2) is 5.75. The summed E-state index contributed by atoms with van der Waals surface area (Å²) < 4.78 is 0. The Kier molecular flexibility index (Phi) is 3.62. The van der Waals surface area contributed by atoms with Crippen LogP contribution in [0.2, 0.25) is 0 Å². The first-order chi connectivity index (χ1) is 11.2. The van der Waals surface area contributed by atoms with Gasteiger partial charge in [0, 0.05) is 0 Å². The smallest absolute Gasteiger partial charge is 0.139 e. The van der Waals surface area contributed by atoms with E-state index in [4.69, 9.17) is 10.5 Å². The number of hydrogen-bond acceptors (Lipinski definition) is 4. The topological polar surface area (TPSA) is 89.2 Å². The minimum absolute atomic E-state index is 0.557.